The maximum Gasteiger partial charge on any atom is 0.224 e. The largest absolute Gasteiger partial charge is 0.353 e. The quantitative estimate of drug-likeness (QED) is 0.727. The lowest BCUT2D eigenvalue weighted by molar-refractivity contribution is -0.121. The van der Waals surface area contributed by atoms with Gasteiger partial charge in [0.05, 0.1) is 6.42 Å². The molecule has 0 bridgehead atoms. The number of fused-ring (bicyclic) bond motifs is 1. The van der Waals surface area contributed by atoms with E-state index in [2.05, 4.69) is 20.1 Å². The van der Waals surface area contributed by atoms with Crippen molar-refractivity contribution in [1.29, 1.82) is 0 Å². The summed E-state index contributed by atoms with van der Waals surface area (Å²) < 4.78 is 15.3. The van der Waals surface area contributed by atoms with Crippen molar-refractivity contribution >= 4 is 17.5 Å². The van der Waals surface area contributed by atoms with Crippen LogP contribution in [0.25, 0.3) is 11.4 Å². The number of amides is 1. The zero-order valence-corrected chi connectivity index (χ0v) is 16.0. The van der Waals surface area contributed by atoms with Crippen LogP contribution in [0.2, 0.25) is 5.02 Å². The van der Waals surface area contributed by atoms with Crippen LogP contribution < -0.4 is 5.32 Å². The molecule has 0 aliphatic carbocycles. The van der Waals surface area contributed by atoms with Gasteiger partial charge < -0.3 is 9.88 Å². The first-order valence-electron chi connectivity index (χ1n) is 9.31. The van der Waals surface area contributed by atoms with E-state index in [0.29, 0.717) is 5.56 Å². The fourth-order valence-corrected chi connectivity index (χ4v) is 3.78. The van der Waals surface area contributed by atoms with Gasteiger partial charge in [0.1, 0.15) is 11.6 Å². The van der Waals surface area contributed by atoms with Crippen molar-refractivity contribution < 1.29 is 9.18 Å². The number of carbonyl (C=O) groups is 1. The molecule has 4 rings (SSSR count). The average Bonchev–Trinajstić information content (AvgIpc) is 3.00. The lowest BCUT2D eigenvalue weighted by Crippen LogP contribution is -2.36. The van der Waals surface area contributed by atoms with Crippen molar-refractivity contribution in [3.63, 3.8) is 0 Å². The Morgan fingerprint density at radius 2 is 2.00 bits per heavy atom. The zero-order valence-electron chi connectivity index (χ0n) is 15.2. The third-order valence-corrected chi connectivity index (χ3v) is 5.36. The predicted octanol–water partition coefficient (Wildman–Crippen LogP) is 3.80. The fourth-order valence-electron chi connectivity index (χ4n) is 3.55. The molecule has 7 heteroatoms. The highest BCUT2D eigenvalue weighted by molar-refractivity contribution is 6.31. The SMILES string of the molecule is O=C(Cc1ccc(F)cc1Cl)NC1CCc2nnc(-c3ccccc3)n2CC1. The molecule has 1 aromatic heterocycles. The van der Waals surface area contributed by atoms with Gasteiger partial charge in [-0.3, -0.25) is 4.79 Å². The Kier molecular flexibility index (Phi) is 5.39. The molecule has 0 saturated carbocycles. The molecule has 28 heavy (non-hydrogen) atoms. The van der Waals surface area contributed by atoms with E-state index in [9.17, 15) is 9.18 Å². The van der Waals surface area contributed by atoms with Crippen molar-refractivity contribution in [2.75, 3.05) is 0 Å². The standard InChI is InChI=1S/C21H20ClFN4O/c22-18-13-16(23)7-6-15(18)12-20(28)24-17-8-9-19-25-26-21(27(19)11-10-17)14-4-2-1-3-5-14/h1-7,13,17H,8-12H2,(H,24,28). The van der Waals surface area contributed by atoms with Crippen LogP contribution in [0.3, 0.4) is 0 Å². The monoisotopic (exact) mass is 398 g/mol. The van der Waals surface area contributed by atoms with E-state index < -0.39 is 5.82 Å². The molecule has 0 saturated heterocycles. The lowest BCUT2D eigenvalue weighted by atomic mass is 10.1. The van der Waals surface area contributed by atoms with Crippen LogP contribution in [0, 0.1) is 5.82 Å². The van der Waals surface area contributed by atoms with Crippen LogP contribution in [-0.4, -0.2) is 26.7 Å². The number of hydrogen-bond acceptors (Lipinski definition) is 3. The van der Waals surface area contributed by atoms with Gasteiger partial charge in [0.15, 0.2) is 5.82 Å². The predicted molar refractivity (Wildman–Crippen MR) is 105 cm³/mol. The van der Waals surface area contributed by atoms with Crippen molar-refractivity contribution in [3.05, 3.63) is 70.8 Å². The first kappa shape index (κ1) is 18.6. The Morgan fingerprint density at radius 3 is 2.79 bits per heavy atom. The number of rotatable bonds is 4. The van der Waals surface area contributed by atoms with Gasteiger partial charge in [0.25, 0.3) is 0 Å². The molecule has 144 valence electrons. The molecule has 1 amide bonds. The number of hydrogen-bond donors (Lipinski definition) is 1. The smallest absolute Gasteiger partial charge is 0.224 e. The van der Waals surface area contributed by atoms with Gasteiger partial charge in [0, 0.05) is 29.6 Å². The van der Waals surface area contributed by atoms with Crippen molar-refractivity contribution in [2.45, 2.75) is 38.3 Å². The molecule has 1 atom stereocenters. The number of carbonyl (C=O) groups excluding carboxylic acids is 1. The summed E-state index contributed by atoms with van der Waals surface area (Å²) in [5.41, 5.74) is 1.66. The Labute approximate surface area is 167 Å². The van der Waals surface area contributed by atoms with Gasteiger partial charge in [-0.1, -0.05) is 48.0 Å². The summed E-state index contributed by atoms with van der Waals surface area (Å²) in [5, 5.41) is 12.0. The summed E-state index contributed by atoms with van der Waals surface area (Å²) in [5.74, 6) is 1.28. The number of aromatic nitrogens is 3. The van der Waals surface area contributed by atoms with Crippen molar-refractivity contribution in [1.82, 2.24) is 20.1 Å². The summed E-state index contributed by atoms with van der Waals surface area (Å²) in [6, 6.07) is 14.1. The number of aryl methyl sites for hydroxylation is 1. The molecule has 1 unspecified atom stereocenters. The molecular formula is C21H20ClFN4O. The molecule has 2 heterocycles. The summed E-state index contributed by atoms with van der Waals surface area (Å²) in [7, 11) is 0. The first-order valence-corrected chi connectivity index (χ1v) is 9.69. The minimum Gasteiger partial charge on any atom is -0.353 e. The highest BCUT2D eigenvalue weighted by atomic mass is 35.5. The molecule has 5 nitrogen and oxygen atoms in total. The molecular weight excluding hydrogens is 379 g/mol. The maximum atomic E-state index is 13.2. The Hall–Kier alpha value is -2.73. The number of nitrogens with zero attached hydrogens (tertiary/aromatic N) is 3. The summed E-state index contributed by atoms with van der Waals surface area (Å²) in [6.45, 7) is 0.745. The van der Waals surface area contributed by atoms with Crippen LogP contribution in [-0.2, 0) is 24.2 Å². The summed E-state index contributed by atoms with van der Waals surface area (Å²) in [4.78, 5) is 12.4. The van der Waals surface area contributed by atoms with E-state index in [1.54, 1.807) is 6.07 Å². The molecule has 1 aliphatic heterocycles. The van der Waals surface area contributed by atoms with Crippen molar-refractivity contribution in [3.8, 4) is 11.4 Å². The van der Waals surface area contributed by atoms with E-state index >= 15 is 0 Å². The second kappa shape index (κ2) is 8.10. The van der Waals surface area contributed by atoms with E-state index in [1.165, 1.54) is 12.1 Å². The molecule has 0 fully saturated rings. The van der Waals surface area contributed by atoms with Crippen LogP contribution in [0.4, 0.5) is 4.39 Å². The average molecular weight is 399 g/mol. The number of nitrogens with one attached hydrogen (secondary N) is 1. The molecule has 0 spiro atoms. The second-order valence-corrected chi connectivity index (χ2v) is 7.37. The minimum atomic E-state index is -0.407. The van der Waals surface area contributed by atoms with Gasteiger partial charge in [-0.05, 0) is 30.5 Å². The van der Waals surface area contributed by atoms with Gasteiger partial charge in [0.2, 0.25) is 5.91 Å². The van der Waals surface area contributed by atoms with E-state index in [1.807, 2.05) is 30.3 Å². The Balaban J connectivity index is 1.40. The van der Waals surface area contributed by atoms with Crippen LogP contribution in [0.1, 0.15) is 24.2 Å². The lowest BCUT2D eigenvalue weighted by Gasteiger charge is -2.16. The Bertz CT molecular complexity index is 989. The van der Waals surface area contributed by atoms with Crippen molar-refractivity contribution in [2.24, 2.45) is 0 Å². The van der Waals surface area contributed by atoms with Gasteiger partial charge in [-0.2, -0.15) is 0 Å². The molecule has 0 radical (unpaired) electrons. The van der Waals surface area contributed by atoms with Crippen LogP contribution >= 0.6 is 11.6 Å². The molecule has 1 aliphatic rings. The third kappa shape index (κ3) is 4.07. The highest BCUT2D eigenvalue weighted by Crippen LogP contribution is 2.23. The van der Waals surface area contributed by atoms with E-state index in [-0.39, 0.29) is 23.4 Å². The van der Waals surface area contributed by atoms with Gasteiger partial charge >= 0.3 is 0 Å². The van der Waals surface area contributed by atoms with Crippen LogP contribution in [0.5, 0.6) is 0 Å². The minimum absolute atomic E-state index is 0.0528. The molecule has 2 aromatic carbocycles. The highest BCUT2D eigenvalue weighted by Gasteiger charge is 2.22. The van der Waals surface area contributed by atoms with Gasteiger partial charge in [-0.15, -0.1) is 10.2 Å². The molecule has 3 aromatic rings. The normalized spacial score (nSPS) is 16.3. The number of halogens is 2. The fraction of sp³-hybridized carbons (Fsp3) is 0.286. The summed E-state index contributed by atoms with van der Waals surface area (Å²) >= 11 is 6.03. The topological polar surface area (TPSA) is 59.8 Å². The van der Waals surface area contributed by atoms with Crippen LogP contribution in [0.15, 0.2) is 48.5 Å². The molecule has 1 N–H and O–H groups in total. The second-order valence-electron chi connectivity index (χ2n) is 6.96. The van der Waals surface area contributed by atoms with E-state index in [0.717, 1.165) is 43.0 Å². The Morgan fingerprint density at radius 1 is 1.18 bits per heavy atom. The third-order valence-electron chi connectivity index (χ3n) is 5.01. The van der Waals surface area contributed by atoms with E-state index in [4.69, 9.17) is 11.6 Å². The summed E-state index contributed by atoms with van der Waals surface area (Å²) in [6.07, 6.45) is 2.49. The maximum absolute atomic E-state index is 13.2. The first-order chi connectivity index (χ1) is 13.6. The zero-order chi connectivity index (χ0) is 19.5. The van der Waals surface area contributed by atoms with Gasteiger partial charge in [-0.25, -0.2) is 4.39 Å². The number of benzene rings is 2.